The van der Waals surface area contributed by atoms with Crippen molar-refractivity contribution in [3.05, 3.63) is 108 Å². The molecule has 0 radical (unpaired) electrons. The van der Waals surface area contributed by atoms with Crippen LogP contribution in [-0.4, -0.2) is 30.4 Å². The minimum absolute atomic E-state index is 0. The predicted octanol–water partition coefficient (Wildman–Crippen LogP) is -0.457. The summed E-state index contributed by atoms with van der Waals surface area (Å²) in [7, 11) is -4.58. The third kappa shape index (κ3) is 9.68. The van der Waals surface area contributed by atoms with E-state index >= 15 is 0 Å². The number of aryl methyl sites for hydroxylation is 1. The Morgan fingerprint density at radius 2 is 1.30 bits per heavy atom. The minimum atomic E-state index is -4.58. The summed E-state index contributed by atoms with van der Waals surface area (Å²) in [6.07, 6.45) is 2.65. The van der Waals surface area contributed by atoms with Crippen molar-refractivity contribution < 1.29 is 86.8 Å². The van der Waals surface area contributed by atoms with E-state index in [9.17, 15) is 27.7 Å². The van der Waals surface area contributed by atoms with Crippen LogP contribution in [0.3, 0.4) is 0 Å². The maximum Gasteiger partial charge on any atom is 1.00 e. The van der Waals surface area contributed by atoms with Gasteiger partial charge in [-0.25, -0.2) is 8.42 Å². The number of hydrogen-bond acceptors (Lipinski definition) is 14. The molecule has 0 spiro atoms. The third-order valence-corrected chi connectivity index (χ3v) is 7.96. The van der Waals surface area contributed by atoms with E-state index in [0.717, 1.165) is 29.3 Å². The van der Waals surface area contributed by atoms with Crippen LogP contribution in [-0.2, 0) is 19.7 Å². The van der Waals surface area contributed by atoms with E-state index in [1.807, 2.05) is 24.3 Å². The fraction of sp³-hybridized carbons (Fsp3) is 0.0606. The van der Waals surface area contributed by atoms with Crippen LogP contribution in [0.1, 0.15) is 12.5 Å². The molecule has 5 rings (SSSR count). The average Bonchev–Trinajstić information content (AvgIpc) is 3.06. The van der Waals surface area contributed by atoms with Gasteiger partial charge in [0.25, 0.3) is 0 Å². The summed E-state index contributed by atoms with van der Waals surface area (Å²) in [5.41, 5.74) is 20.3. The first-order valence-corrected chi connectivity index (χ1v) is 15.5. The zero-order valence-electron chi connectivity index (χ0n) is 27.4. The van der Waals surface area contributed by atoms with Gasteiger partial charge in [-0.1, -0.05) is 24.3 Å². The largest absolute Gasteiger partial charge is 1.00 e. The number of hydrazone groups is 1. The van der Waals surface area contributed by atoms with Gasteiger partial charge in [-0.3, -0.25) is 10.2 Å². The molecule has 0 saturated carbocycles. The molecule has 242 valence electrons. The molecule has 0 aromatic heterocycles. The SMILES string of the molecule is CC1=C/C(=N\Nc2ccc(-c3ccc(N=Nc4c(N)c(C)cc(N=Nc5ccc(S(=O)(=O)[O-])cc5)c4N)cc3)cc2)C=C(C(=O)[O-])C1=O.[Na+].[Na+]. The van der Waals surface area contributed by atoms with Crippen LogP contribution in [0.15, 0.2) is 133 Å². The number of nitrogens with one attached hydrogen (secondary N) is 1. The maximum atomic E-state index is 11.9. The number of ketones is 1. The van der Waals surface area contributed by atoms with Crippen LogP contribution in [0.4, 0.5) is 39.8 Å². The van der Waals surface area contributed by atoms with Crippen molar-refractivity contribution in [2.75, 3.05) is 16.9 Å². The number of nitrogen functional groups attached to an aromatic ring is 2. The van der Waals surface area contributed by atoms with Gasteiger partial charge in [-0.15, -0.1) is 10.2 Å². The molecule has 0 saturated heterocycles. The van der Waals surface area contributed by atoms with Crippen LogP contribution < -0.4 is 81.1 Å². The number of azo groups is 2. The summed E-state index contributed by atoms with van der Waals surface area (Å²) in [5.74, 6) is -2.16. The van der Waals surface area contributed by atoms with Gasteiger partial charge in [0.1, 0.15) is 21.5 Å². The van der Waals surface area contributed by atoms with E-state index in [2.05, 4.69) is 31.0 Å². The van der Waals surface area contributed by atoms with Crippen molar-refractivity contribution in [3.8, 4) is 11.1 Å². The number of aliphatic carboxylic acids is 1. The van der Waals surface area contributed by atoms with Gasteiger partial charge in [0.15, 0.2) is 5.78 Å². The molecular weight excluding hydrogens is 682 g/mol. The Labute approximate surface area is 331 Å². The monoisotopic (exact) mass is 708 g/mol. The molecule has 4 aromatic carbocycles. The molecule has 0 aliphatic heterocycles. The molecule has 50 heavy (non-hydrogen) atoms. The zero-order chi connectivity index (χ0) is 34.6. The summed E-state index contributed by atoms with van der Waals surface area (Å²) in [4.78, 5) is 22.8. The zero-order valence-corrected chi connectivity index (χ0v) is 32.2. The minimum Gasteiger partial charge on any atom is -0.744 e. The number of benzene rings is 4. The summed E-state index contributed by atoms with van der Waals surface area (Å²) in [6, 6.07) is 21.2. The Bertz CT molecular complexity index is 2200. The van der Waals surface area contributed by atoms with Crippen LogP contribution in [0, 0.1) is 6.92 Å². The molecule has 0 fully saturated rings. The second kappa shape index (κ2) is 17.1. The molecule has 1 aliphatic carbocycles. The van der Waals surface area contributed by atoms with Crippen molar-refractivity contribution in [3.63, 3.8) is 0 Å². The second-order valence-electron chi connectivity index (χ2n) is 10.5. The number of carbonyl (C=O) groups excluding carboxylic acids is 2. The van der Waals surface area contributed by atoms with Crippen LogP contribution in [0.25, 0.3) is 11.1 Å². The van der Waals surface area contributed by atoms with Crippen molar-refractivity contribution in [2.45, 2.75) is 18.7 Å². The first-order valence-electron chi connectivity index (χ1n) is 14.1. The van der Waals surface area contributed by atoms with E-state index in [-0.39, 0.29) is 92.4 Å². The second-order valence-corrected chi connectivity index (χ2v) is 11.9. The number of hydrogen-bond donors (Lipinski definition) is 3. The maximum absolute atomic E-state index is 11.9. The molecule has 0 atom stereocenters. The molecule has 1 aliphatic rings. The van der Waals surface area contributed by atoms with Gasteiger partial charge in [0, 0.05) is 5.57 Å². The standard InChI is InChI=1S/C33H28N8O6S.2Na/c1-18-16-28(40-37-24-11-13-26(14-12-24)48(45,46)47)30(35)31(29(18)34)41-38-23-9-5-21(6-10-23)20-3-7-22(8-4-20)36-39-25-15-19(2)32(42)27(17-25)33(43)44;;/h3-17,36H,34-35H2,1-2H3,(H,43,44)(H,45,46,47);;/q;2*+1/p-2/b39-25+,40-37?,41-38?;;. The molecule has 17 heteroatoms. The number of nitrogens with two attached hydrogens (primary N) is 2. The number of allylic oxidation sites excluding steroid dienone is 3. The molecule has 14 nitrogen and oxygen atoms in total. The number of carboxylic acids is 1. The smallest absolute Gasteiger partial charge is 0.744 e. The van der Waals surface area contributed by atoms with E-state index in [4.69, 9.17) is 11.5 Å². The number of carbonyl (C=O) groups is 2. The van der Waals surface area contributed by atoms with Gasteiger partial charge in [-0.05, 0) is 103 Å². The third-order valence-electron chi connectivity index (χ3n) is 7.11. The van der Waals surface area contributed by atoms with E-state index in [0.29, 0.717) is 28.3 Å². The molecule has 0 heterocycles. The summed E-state index contributed by atoms with van der Waals surface area (Å²) >= 11 is 0. The van der Waals surface area contributed by atoms with E-state index < -0.39 is 27.4 Å². The quantitative estimate of drug-likeness (QED) is 0.0387. The van der Waals surface area contributed by atoms with Crippen molar-refractivity contribution in [2.24, 2.45) is 25.6 Å². The Kier molecular flexibility index (Phi) is 13.7. The number of anilines is 3. The first-order chi connectivity index (χ1) is 22.8. The number of carboxylic acid groups (broad SMARTS) is 1. The van der Waals surface area contributed by atoms with Crippen LogP contribution in [0.5, 0.6) is 0 Å². The number of nitrogens with zero attached hydrogens (tertiary/aromatic N) is 5. The van der Waals surface area contributed by atoms with Crippen molar-refractivity contribution in [1.29, 1.82) is 0 Å². The molecule has 0 unspecified atom stereocenters. The summed E-state index contributed by atoms with van der Waals surface area (Å²) < 4.78 is 33.4. The Balaban J connectivity index is 0.00000338. The van der Waals surface area contributed by atoms with Crippen molar-refractivity contribution >= 4 is 67.4 Å². The fourth-order valence-electron chi connectivity index (χ4n) is 4.46. The normalized spacial score (nSPS) is 13.8. The molecule has 0 amide bonds. The summed E-state index contributed by atoms with van der Waals surface area (Å²) in [5, 5.41) is 32.2. The van der Waals surface area contributed by atoms with Gasteiger partial charge < -0.3 is 25.9 Å². The van der Waals surface area contributed by atoms with Crippen LogP contribution in [0.2, 0.25) is 0 Å². The van der Waals surface area contributed by atoms with Gasteiger partial charge in [0.05, 0.1) is 45.0 Å². The fourth-order valence-corrected chi connectivity index (χ4v) is 4.93. The molecular formula is C33H26N8Na2O6S. The van der Waals surface area contributed by atoms with E-state index in [1.54, 1.807) is 37.3 Å². The molecule has 0 bridgehead atoms. The topological polar surface area (TPSA) is 240 Å². The Hall–Kier alpha value is -4.32. The van der Waals surface area contributed by atoms with Gasteiger partial charge in [-0.2, -0.15) is 15.3 Å². The predicted molar refractivity (Wildman–Crippen MR) is 178 cm³/mol. The Morgan fingerprint density at radius 3 is 1.86 bits per heavy atom. The van der Waals surface area contributed by atoms with Crippen LogP contribution >= 0.6 is 0 Å². The summed E-state index contributed by atoms with van der Waals surface area (Å²) in [6.45, 7) is 3.26. The number of rotatable bonds is 9. The Morgan fingerprint density at radius 1 is 0.760 bits per heavy atom. The average molecular weight is 709 g/mol. The first kappa shape index (κ1) is 40.1. The number of Topliss-reactive ketones (excluding diaryl/α,β-unsaturated/α-hetero) is 1. The molecule has 5 N–H and O–H groups in total. The van der Waals surface area contributed by atoms with E-state index in [1.165, 1.54) is 25.1 Å². The molecule has 4 aromatic rings. The van der Waals surface area contributed by atoms with Gasteiger partial charge in [0.2, 0.25) is 0 Å². The van der Waals surface area contributed by atoms with Crippen molar-refractivity contribution in [1.82, 2.24) is 0 Å². The van der Waals surface area contributed by atoms with Gasteiger partial charge >= 0.3 is 59.1 Å².